The summed E-state index contributed by atoms with van der Waals surface area (Å²) < 4.78 is 0. The van der Waals surface area contributed by atoms with Crippen molar-refractivity contribution in [3.63, 3.8) is 0 Å². The molecule has 186 valence electrons. The number of nitrogens with zero attached hydrogens (tertiary/aromatic N) is 4. The van der Waals surface area contributed by atoms with Crippen LogP contribution in [0.5, 0.6) is 0 Å². The number of benzene rings is 5. The van der Waals surface area contributed by atoms with Gasteiger partial charge in [0.05, 0.1) is 22.4 Å². The molecule has 8 rings (SSSR count). The molecule has 40 heavy (non-hydrogen) atoms. The fourth-order valence-corrected chi connectivity index (χ4v) is 5.39. The average molecular weight is 511 g/mol. The summed E-state index contributed by atoms with van der Waals surface area (Å²) in [5.41, 5.74) is 6.51. The lowest BCUT2D eigenvalue weighted by Gasteiger charge is -2.10. The van der Waals surface area contributed by atoms with Gasteiger partial charge in [-0.25, -0.2) is 15.0 Å². The molecule has 0 aliphatic heterocycles. The van der Waals surface area contributed by atoms with E-state index >= 15 is 0 Å². The molecule has 4 nitrogen and oxygen atoms in total. The Balaban J connectivity index is 1.29. The lowest BCUT2D eigenvalue weighted by Crippen LogP contribution is -1.97. The van der Waals surface area contributed by atoms with Crippen LogP contribution < -0.4 is 0 Å². The molecular weight excluding hydrogens is 488 g/mol. The Hall–Kier alpha value is -5.48. The second-order valence-corrected chi connectivity index (χ2v) is 10.0. The summed E-state index contributed by atoms with van der Waals surface area (Å²) in [6.07, 6.45) is 1.84. The minimum Gasteiger partial charge on any atom is -0.256 e. The van der Waals surface area contributed by atoms with Crippen LogP contribution in [-0.4, -0.2) is 19.9 Å². The van der Waals surface area contributed by atoms with Gasteiger partial charge in [-0.15, -0.1) is 0 Å². The molecule has 0 saturated carbocycles. The molecule has 5 aromatic carbocycles. The molecule has 3 heterocycles. The molecule has 0 N–H and O–H groups in total. The van der Waals surface area contributed by atoms with Crippen LogP contribution in [0, 0.1) is 0 Å². The highest BCUT2D eigenvalue weighted by atomic mass is 14.9. The zero-order chi connectivity index (χ0) is 26.5. The third kappa shape index (κ3) is 3.94. The van der Waals surface area contributed by atoms with Crippen molar-refractivity contribution in [1.29, 1.82) is 0 Å². The second-order valence-electron chi connectivity index (χ2n) is 10.0. The molecule has 0 aliphatic rings. The van der Waals surface area contributed by atoms with Crippen molar-refractivity contribution < 1.29 is 0 Å². The minimum atomic E-state index is 0.611. The van der Waals surface area contributed by atoms with Crippen molar-refractivity contribution in [3.8, 4) is 34.0 Å². The maximum atomic E-state index is 5.06. The standard InChI is InChI=1S/C36H22N4/c1-3-8-23(9-4-1)34-22-35(24-10-5-2-6-11-24)40-36(39-34)31-14-13-26-17-28-18-29-20-32-25(12-7-15-37-32)16-27(29)19-30(28)21-33(26)38-31/h1-22H. The summed E-state index contributed by atoms with van der Waals surface area (Å²) in [7, 11) is 0. The maximum Gasteiger partial charge on any atom is 0.179 e. The van der Waals surface area contributed by atoms with Crippen molar-refractivity contribution in [1.82, 2.24) is 19.9 Å². The SMILES string of the molecule is c1ccc(-c2cc(-c3ccccc3)nc(-c3ccc4cc5cc6cc7ncccc7cc6cc5cc4n3)n2)cc1. The van der Waals surface area contributed by atoms with Crippen LogP contribution in [0.4, 0.5) is 0 Å². The van der Waals surface area contributed by atoms with Gasteiger partial charge in [0, 0.05) is 28.1 Å². The van der Waals surface area contributed by atoms with E-state index in [1.807, 2.05) is 60.8 Å². The zero-order valence-electron chi connectivity index (χ0n) is 21.5. The van der Waals surface area contributed by atoms with Gasteiger partial charge in [0.2, 0.25) is 0 Å². The quantitative estimate of drug-likeness (QED) is 0.223. The van der Waals surface area contributed by atoms with Gasteiger partial charge in [-0.1, -0.05) is 72.8 Å². The fourth-order valence-electron chi connectivity index (χ4n) is 5.39. The molecule has 0 amide bonds. The highest BCUT2D eigenvalue weighted by Crippen LogP contribution is 2.31. The van der Waals surface area contributed by atoms with E-state index in [2.05, 4.69) is 77.8 Å². The molecule has 0 fully saturated rings. The highest BCUT2D eigenvalue weighted by Gasteiger charge is 2.13. The maximum absolute atomic E-state index is 5.06. The summed E-state index contributed by atoms with van der Waals surface area (Å²) >= 11 is 0. The first-order chi connectivity index (χ1) is 19.8. The number of aromatic nitrogens is 4. The lowest BCUT2D eigenvalue weighted by atomic mass is 10.00. The van der Waals surface area contributed by atoms with E-state index < -0.39 is 0 Å². The van der Waals surface area contributed by atoms with Gasteiger partial charge < -0.3 is 0 Å². The summed E-state index contributed by atoms with van der Waals surface area (Å²) in [4.78, 5) is 19.5. The first-order valence-corrected chi connectivity index (χ1v) is 13.3. The first kappa shape index (κ1) is 22.5. The molecular formula is C36H22N4. The van der Waals surface area contributed by atoms with Crippen molar-refractivity contribution in [2.24, 2.45) is 0 Å². The van der Waals surface area contributed by atoms with Crippen LogP contribution in [-0.2, 0) is 0 Å². The topological polar surface area (TPSA) is 51.6 Å². The first-order valence-electron chi connectivity index (χ1n) is 13.3. The van der Waals surface area contributed by atoms with Gasteiger partial charge in [-0.2, -0.15) is 0 Å². The molecule has 3 aromatic heterocycles. The van der Waals surface area contributed by atoms with Gasteiger partial charge in [0.1, 0.15) is 5.69 Å². The predicted octanol–water partition coefficient (Wildman–Crippen LogP) is 8.88. The molecule has 8 aromatic rings. The van der Waals surface area contributed by atoms with Gasteiger partial charge >= 0.3 is 0 Å². The molecule has 4 heteroatoms. The number of fused-ring (bicyclic) bond motifs is 4. The Bertz CT molecular complexity index is 2150. The Morgan fingerprint density at radius 3 is 1.55 bits per heavy atom. The van der Waals surface area contributed by atoms with Gasteiger partial charge in [0.25, 0.3) is 0 Å². The van der Waals surface area contributed by atoms with Crippen LogP contribution >= 0.6 is 0 Å². The van der Waals surface area contributed by atoms with E-state index in [4.69, 9.17) is 15.0 Å². The highest BCUT2D eigenvalue weighted by molar-refractivity contribution is 6.07. The van der Waals surface area contributed by atoms with Crippen LogP contribution in [0.25, 0.3) is 77.4 Å². The Kier molecular flexibility index (Phi) is 5.10. The summed E-state index contributed by atoms with van der Waals surface area (Å²) in [6.45, 7) is 0. The third-order valence-corrected chi connectivity index (χ3v) is 7.42. The third-order valence-electron chi connectivity index (χ3n) is 7.42. The van der Waals surface area contributed by atoms with E-state index in [1.54, 1.807) is 0 Å². The number of rotatable bonds is 3. The van der Waals surface area contributed by atoms with Gasteiger partial charge in [-0.3, -0.25) is 4.98 Å². The average Bonchev–Trinajstić information content (AvgIpc) is 3.02. The summed E-state index contributed by atoms with van der Waals surface area (Å²) in [6, 6.07) is 43.9. The van der Waals surface area contributed by atoms with E-state index in [0.717, 1.165) is 55.4 Å². The van der Waals surface area contributed by atoms with E-state index in [-0.39, 0.29) is 0 Å². The molecule has 0 saturated heterocycles. The van der Waals surface area contributed by atoms with Crippen LogP contribution in [0.15, 0.2) is 134 Å². The molecule has 0 bridgehead atoms. The summed E-state index contributed by atoms with van der Waals surface area (Å²) in [5, 5.41) is 6.92. The Morgan fingerprint density at radius 2 is 0.900 bits per heavy atom. The zero-order valence-corrected chi connectivity index (χ0v) is 21.5. The van der Waals surface area contributed by atoms with Crippen LogP contribution in [0.1, 0.15) is 0 Å². The minimum absolute atomic E-state index is 0.611. The lowest BCUT2D eigenvalue weighted by molar-refractivity contribution is 1.16. The second kappa shape index (κ2) is 9.07. The molecule has 0 spiro atoms. The van der Waals surface area contributed by atoms with Crippen LogP contribution in [0.3, 0.4) is 0 Å². The van der Waals surface area contributed by atoms with Crippen LogP contribution in [0.2, 0.25) is 0 Å². The fraction of sp³-hybridized carbons (Fsp3) is 0. The molecule has 0 radical (unpaired) electrons. The van der Waals surface area contributed by atoms with E-state index in [0.29, 0.717) is 5.82 Å². The summed E-state index contributed by atoms with van der Waals surface area (Å²) in [5.74, 6) is 0.611. The monoisotopic (exact) mass is 510 g/mol. The number of hydrogen-bond acceptors (Lipinski definition) is 4. The largest absolute Gasteiger partial charge is 0.256 e. The van der Waals surface area contributed by atoms with Crippen molar-refractivity contribution in [2.45, 2.75) is 0 Å². The predicted molar refractivity (Wildman–Crippen MR) is 164 cm³/mol. The van der Waals surface area contributed by atoms with Crippen molar-refractivity contribution >= 4 is 43.4 Å². The normalized spacial score (nSPS) is 11.5. The Labute approximate surface area is 230 Å². The van der Waals surface area contributed by atoms with Crippen molar-refractivity contribution in [3.05, 3.63) is 134 Å². The smallest absolute Gasteiger partial charge is 0.179 e. The van der Waals surface area contributed by atoms with E-state index in [1.165, 1.54) is 16.2 Å². The van der Waals surface area contributed by atoms with Crippen molar-refractivity contribution in [2.75, 3.05) is 0 Å². The van der Waals surface area contributed by atoms with Gasteiger partial charge in [-0.05, 0) is 76.1 Å². The Morgan fingerprint density at radius 1 is 0.350 bits per heavy atom. The number of hydrogen-bond donors (Lipinski definition) is 0. The van der Waals surface area contributed by atoms with Gasteiger partial charge in [0.15, 0.2) is 5.82 Å². The van der Waals surface area contributed by atoms with E-state index in [9.17, 15) is 0 Å². The molecule has 0 atom stereocenters. The number of pyridine rings is 2. The molecule has 0 unspecified atom stereocenters. The molecule has 0 aliphatic carbocycles.